The van der Waals surface area contributed by atoms with E-state index < -0.39 is 0 Å². The predicted octanol–water partition coefficient (Wildman–Crippen LogP) is 1.31. The Bertz CT molecular complexity index is 158. The zero-order valence-corrected chi connectivity index (χ0v) is 6.30. The Morgan fingerprint density at radius 2 is 2.30 bits per heavy atom. The normalized spacial score (nSPS) is 34.7. The van der Waals surface area contributed by atoms with Crippen molar-refractivity contribution in [3.05, 3.63) is 0 Å². The summed E-state index contributed by atoms with van der Waals surface area (Å²) in [6, 6.07) is 0.656. The lowest BCUT2D eigenvalue weighted by Gasteiger charge is -2.24. The molecule has 2 aliphatic rings. The van der Waals surface area contributed by atoms with Gasteiger partial charge in [-0.3, -0.25) is 0 Å². The number of nitrogens with zero attached hydrogens (tertiary/aromatic N) is 2. The van der Waals surface area contributed by atoms with E-state index in [4.69, 9.17) is 0 Å². The van der Waals surface area contributed by atoms with Crippen LogP contribution in [0.3, 0.4) is 0 Å². The fourth-order valence-electron chi connectivity index (χ4n) is 1.73. The molecule has 1 unspecified atom stereocenters. The minimum Gasteiger partial charge on any atom is -0.317 e. The summed E-state index contributed by atoms with van der Waals surface area (Å²) >= 11 is 0. The van der Waals surface area contributed by atoms with Gasteiger partial charge in [0.1, 0.15) is 0 Å². The van der Waals surface area contributed by atoms with Gasteiger partial charge in [0, 0.05) is 12.5 Å². The molecule has 1 aliphatic carbocycles. The minimum atomic E-state index is 0.0892. The fourth-order valence-corrected chi connectivity index (χ4v) is 1.73. The maximum atomic E-state index is 4.08. The van der Waals surface area contributed by atoms with E-state index in [1.165, 1.54) is 19.3 Å². The monoisotopic (exact) mass is 139 g/mol. The lowest BCUT2D eigenvalue weighted by molar-refractivity contribution is 0.323. The Morgan fingerprint density at radius 3 is 2.90 bits per heavy atom. The molecule has 0 aromatic heterocycles. The highest BCUT2D eigenvalue weighted by atomic mass is 15.4. The van der Waals surface area contributed by atoms with Crippen molar-refractivity contribution in [2.45, 2.75) is 37.4 Å². The summed E-state index contributed by atoms with van der Waals surface area (Å²) in [5.41, 5.74) is 0.0892. The highest BCUT2D eigenvalue weighted by Crippen LogP contribution is 2.41. The van der Waals surface area contributed by atoms with Gasteiger partial charge in [0.05, 0.1) is 0 Å². The van der Waals surface area contributed by atoms with E-state index in [1.54, 1.807) is 0 Å². The summed E-state index contributed by atoms with van der Waals surface area (Å²) in [6.07, 6.45) is 4.89. The van der Waals surface area contributed by atoms with Gasteiger partial charge in [0.25, 0.3) is 0 Å². The van der Waals surface area contributed by atoms with Crippen LogP contribution in [-0.2, 0) is 0 Å². The van der Waals surface area contributed by atoms with E-state index in [-0.39, 0.29) is 5.66 Å². The first-order valence-electron chi connectivity index (χ1n) is 3.96. The van der Waals surface area contributed by atoms with Crippen LogP contribution in [0.1, 0.15) is 25.7 Å². The topological polar surface area (TPSA) is 36.8 Å². The molecule has 1 fully saturated rings. The minimum absolute atomic E-state index is 0.0892. The van der Waals surface area contributed by atoms with Gasteiger partial charge in [-0.25, -0.2) is 0 Å². The fraction of sp³-hybridized carbons (Fsp3) is 1.00. The summed E-state index contributed by atoms with van der Waals surface area (Å²) in [7, 11) is 2.02. The Balaban J connectivity index is 1.92. The van der Waals surface area contributed by atoms with E-state index in [9.17, 15) is 0 Å². The molecular weight excluding hydrogens is 126 g/mol. The van der Waals surface area contributed by atoms with E-state index in [0.29, 0.717) is 6.04 Å². The van der Waals surface area contributed by atoms with Gasteiger partial charge in [-0.05, 0) is 26.3 Å². The molecular formula is C7H13N3. The molecule has 1 N–H and O–H groups in total. The summed E-state index contributed by atoms with van der Waals surface area (Å²) in [4.78, 5) is 0. The van der Waals surface area contributed by atoms with Crippen molar-refractivity contribution in [2.75, 3.05) is 7.05 Å². The standard InChI is InChI=1S/C7H13N3/c1-8-6-3-2-4-7(5-6)9-10-7/h6,8H,2-5H2,1H3. The van der Waals surface area contributed by atoms with Crippen molar-refractivity contribution in [3.8, 4) is 0 Å². The van der Waals surface area contributed by atoms with Crippen molar-refractivity contribution < 1.29 is 0 Å². The zero-order chi connectivity index (χ0) is 7.03. The van der Waals surface area contributed by atoms with Crippen LogP contribution in [-0.4, -0.2) is 18.8 Å². The molecule has 1 saturated carbocycles. The second kappa shape index (κ2) is 2.02. The van der Waals surface area contributed by atoms with Crippen LogP contribution in [0, 0.1) is 0 Å². The average Bonchev–Trinajstić information content (AvgIpc) is 2.70. The molecule has 56 valence electrons. The van der Waals surface area contributed by atoms with Crippen LogP contribution < -0.4 is 5.32 Å². The van der Waals surface area contributed by atoms with Gasteiger partial charge < -0.3 is 5.32 Å². The van der Waals surface area contributed by atoms with Crippen molar-refractivity contribution in [1.82, 2.24) is 5.32 Å². The van der Waals surface area contributed by atoms with Crippen molar-refractivity contribution in [1.29, 1.82) is 0 Å². The highest BCUT2D eigenvalue weighted by molar-refractivity contribution is 4.99. The smallest absolute Gasteiger partial charge is 0.192 e. The maximum Gasteiger partial charge on any atom is 0.192 e. The second-order valence-electron chi connectivity index (χ2n) is 3.26. The molecule has 1 aliphatic heterocycles. The first kappa shape index (κ1) is 6.28. The molecule has 2 rings (SSSR count). The summed E-state index contributed by atoms with van der Waals surface area (Å²) in [5, 5.41) is 11.4. The third-order valence-corrected chi connectivity index (χ3v) is 2.49. The largest absolute Gasteiger partial charge is 0.317 e. The van der Waals surface area contributed by atoms with Crippen molar-refractivity contribution >= 4 is 0 Å². The number of hydrogen-bond donors (Lipinski definition) is 1. The molecule has 0 aromatic carbocycles. The Hall–Kier alpha value is -0.440. The molecule has 3 heteroatoms. The lowest BCUT2D eigenvalue weighted by Crippen LogP contribution is -2.35. The third kappa shape index (κ3) is 0.944. The molecule has 1 spiro atoms. The molecule has 0 bridgehead atoms. The molecule has 0 radical (unpaired) electrons. The third-order valence-electron chi connectivity index (χ3n) is 2.49. The number of hydrogen-bond acceptors (Lipinski definition) is 3. The number of rotatable bonds is 1. The summed E-state index contributed by atoms with van der Waals surface area (Å²) < 4.78 is 0. The van der Waals surface area contributed by atoms with E-state index >= 15 is 0 Å². The van der Waals surface area contributed by atoms with Gasteiger partial charge in [0.15, 0.2) is 5.66 Å². The predicted molar refractivity (Wildman–Crippen MR) is 38.9 cm³/mol. The number of nitrogens with one attached hydrogen (secondary N) is 1. The van der Waals surface area contributed by atoms with Gasteiger partial charge >= 0.3 is 0 Å². The van der Waals surface area contributed by atoms with Crippen LogP contribution >= 0.6 is 0 Å². The highest BCUT2D eigenvalue weighted by Gasteiger charge is 2.43. The molecule has 0 amide bonds. The van der Waals surface area contributed by atoms with Crippen LogP contribution in [0.5, 0.6) is 0 Å². The molecule has 0 saturated heterocycles. The van der Waals surface area contributed by atoms with Gasteiger partial charge in [-0.15, -0.1) is 0 Å². The quantitative estimate of drug-likeness (QED) is 0.584. The van der Waals surface area contributed by atoms with Crippen LogP contribution in [0.25, 0.3) is 0 Å². The van der Waals surface area contributed by atoms with Gasteiger partial charge in [-0.1, -0.05) is 0 Å². The molecule has 1 heterocycles. The first-order valence-corrected chi connectivity index (χ1v) is 3.96. The van der Waals surface area contributed by atoms with Gasteiger partial charge in [-0.2, -0.15) is 10.2 Å². The second-order valence-corrected chi connectivity index (χ2v) is 3.26. The van der Waals surface area contributed by atoms with Crippen LogP contribution in [0.4, 0.5) is 0 Å². The Kier molecular flexibility index (Phi) is 1.27. The SMILES string of the molecule is CNC1CCCC2(C1)N=N2. The van der Waals surface area contributed by atoms with Crippen LogP contribution in [0.2, 0.25) is 0 Å². The van der Waals surface area contributed by atoms with E-state index in [1.807, 2.05) is 7.05 Å². The first-order chi connectivity index (χ1) is 4.85. The van der Waals surface area contributed by atoms with Gasteiger partial charge in [0.2, 0.25) is 0 Å². The molecule has 10 heavy (non-hydrogen) atoms. The zero-order valence-electron chi connectivity index (χ0n) is 6.30. The van der Waals surface area contributed by atoms with Crippen molar-refractivity contribution in [3.63, 3.8) is 0 Å². The molecule has 3 nitrogen and oxygen atoms in total. The summed E-state index contributed by atoms with van der Waals surface area (Å²) in [6.45, 7) is 0. The van der Waals surface area contributed by atoms with Crippen molar-refractivity contribution in [2.24, 2.45) is 10.2 Å². The summed E-state index contributed by atoms with van der Waals surface area (Å²) in [5.74, 6) is 0. The van der Waals surface area contributed by atoms with E-state index in [0.717, 1.165) is 6.42 Å². The van der Waals surface area contributed by atoms with Crippen LogP contribution in [0.15, 0.2) is 10.2 Å². The maximum absolute atomic E-state index is 4.08. The molecule has 0 aromatic rings. The Labute approximate surface area is 60.9 Å². The average molecular weight is 139 g/mol. The Morgan fingerprint density at radius 1 is 1.50 bits per heavy atom. The van der Waals surface area contributed by atoms with E-state index in [2.05, 4.69) is 15.5 Å². The molecule has 1 atom stereocenters. The lowest BCUT2D eigenvalue weighted by atomic mass is 9.88.